The van der Waals surface area contributed by atoms with E-state index < -0.39 is 7.80 Å². The van der Waals surface area contributed by atoms with Gasteiger partial charge in [-0.15, -0.1) is 0 Å². The minimum atomic E-state index is -2.02. The van der Waals surface area contributed by atoms with E-state index in [0.29, 0.717) is 17.6 Å². The van der Waals surface area contributed by atoms with E-state index in [1.54, 1.807) is 0 Å². The van der Waals surface area contributed by atoms with Crippen LogP contribution < -0.4 is 5.30 Å². The smallest absolute Gasteiger partial charge is 0.194 e. The van der Waals surface area contributed by atoms with Gasteiger partial charge in [0.15, 0.2) is 5.78 Å². The molecule has 0 heterocycles. The Bertz CT molecular complexity index is 882. The number of hydrogen-bond acceptors (Lipinski definition) is 2. The molecule has 2 aromatic carbocycles. The lowest BCUT2D eigenvalue weighted by Gasteiger charge is -2.22. The van der Waals surface area contributed by atoms with Crippen molar-refractivity contribution in [1.82, 2.24) is 0 Å². The molecule has 0 saturated heterocycles. The van der Waals surface area contributed by atoms with Crippen LogP contribution in [-0.4, -0.2) is 11.9 Å². The maximum atomic E-state index is 13.6. The summed E-state index contributed by atoms with van der Waals surface area (Å²) in [6.45, 7) is 15.0. The van der Waals surface area contributed by atoms with Crippen molar-refractivity contribution in [3.05, 3.63) is 64.2 Å². The van der Waals surface area contributed by atoms with Gasteiger partial charge in [-0.1, -0.05) is 96.7 Å². The third-order valence-corrected chi connectivity index (χ3v) is 8.10. The maximum Gasteiger partial charge on any atom is 0.194 e. The van der Waals surface area contributed by atoms with Crippen LogP contribution in [0, 0.1) is 19.8 Å². The highest BCUT2D eigenvalue weighted by molar-refractivity contribution is 7.53. The molecule has 2 aromatic rings. The zero-order chi connectivity index (χ0) is 22.5. The normalized spacial score (nSPS) is 13.8. The van der Waals surface area contributed by atoms with Crippen molar-refractivity contribution >= 4 is 18.9 Å². The Morgan fingerprint density at radius 1 is 1.03 bits per heavy atom. The minimum absolute atomic E-state index is 0.000941. The third kappa shape index (κ3) is 5.94. The number of benzene rings is 2. The van der Waals surface area contributed by atoms with Gasteiger partial charge in [-0.05, 0) is 41.9 Å². The number of ketones is 1. The van der Waals surface area contributed by atoms with Gasteiger partial charge in [0.2, 0.25) is 0 Å². The second kappa shape index (κ2) is 10.6. The van der Waals surface area contributed by atoms with Gasteiger partial charge >= 0.3 is 0 Å². The molecular weight excluding hydrogens is 387 g/mol. The highest BCUT2D eigenvalue weighted by Gasteiger charge is 2.23. The molecule has 0 amide bonds. The molecule has 164 valence electrons. The molecule has 0 saturated carbocycles. The Labute approximate surface area is 184 Å². The molecule has 0 aromatic heterocycles. The number of aryl methyl sites for hydroxylation is 2. The lowest BCUT2D eigenvalue weighted by atomic mass is 9.82. The SMILES string of the molecule is CCCCC(CC)C[PH](=O)c1ccccc1C(=O)c1c(C)cc(C(C)(C)C)cc1C. The van der Waals surface area contributed by atoms with Crippen LogP contribution in [0.4, 0.5) is 0 Å². The van der Waals surface area contributed by atoms with Gasteiger partial charge < -0.3 is 4.57 Å². The third-order valence-electron chi connectivity index (χ3n) is 6.12. The molecule has 30 heavy (non-hydrogen) atoms. The van der Waals surface area contributed by atoms with Crippen LogP contribution in [-0.2, 0) is 9.98 Å². The minimum Gasteiger partial charge on any atom is -0.322 e. The fourth-order valence-electron chi connectivity index (χ4n) is 4.13. The first-order valence-electron chi connectivity index (χ1n) is 11.4. The van der Waals surface area contributed by atoms with Crippen molar-refractivity contribution in [3.63, 3.8) is 0 Å². The molecule has 0 aliphatic rings. The molecule has 2 atom stereocenters. The van der Waals surface area contributed by atoms with Crippen LogP contribution >= 0.6 is 7.80 Å². The zero-order valence-corrected chi connectivity index (χ0v) is 20.9. The average Bonchev–Trinajstić information content (AvgIpc) is 2.69. The first-order chi connectivity index (χ1) is 14.1. The number of unbranched alkanes of at least 4 members (excludes halogenated alkanes) is 1. The largest absolute Gasteiger partial charge is 0.322 e. The van der Waals surface area contributed by atoms with E-state index in [-0.39, 0.29) is 11.2 Å². The highest BCUT2D eigenvalue weighted by atomic mass is 31.1. The summed E-state index contributed by atoms with van der Waals surface area (Å²) >= 11 is 0. The quantitative estimate of drug-likeness (QED) is 0.313. The summed E-state index contributed by atoms with van der Waals surface area (Å²) in [5.41, 5.74) is 4.62. The van der Waals surface area contributed by atoms with Crippen LogP contribution in [0.5, 0.6) is 0 Å². The Morgan fingerprint density at radius 3 is 2.17 bits per heavy atom. The topological polar surface area (TPSA) is 34.1 Å². The number of carbonyl (C=O) groups excluding carboxylic acids is 1. The van der Waals surface area contributed by atoms with Crippen LogP contribution in [0.2, 0.25) is 0 Å². The molecule has 0 radical (unpaired) electrons. The van der Waals surface area contributed by atoms with Crippen molar-refractivity contribution in [2.75, 3.05) is 6.16 Å². The molecule has 2 nitrogen and oxygen atoms in total. The fraction of sp³-hybridized carbons (Fsp3) is 0.519. The second-order valence-corrected chi connectivity index (χ2v) is 11.4. The molecule has 2 unspecified atom stereocenters. The molecule has 0 bridgehead atoms. The van der Waals surface area contributed by atoms with Crippen LogP contribution in [0.1, 0.15) is 92.9 Å². The van der Waals surface area contributed by atoms with E-state index in [9.17, 15) is 9.36 Å². The molecule has 0 aliphatic carbocycles. The first-order valence-corrected chi connectivity index (χ1v) is 13.0. The molecule has 0 fully saturated rings. The number of rotatable bonds is 9. The predicted octanol–water partition coefficient (Wildman–Crippen LogP) is 7.23. The van der Waals surface area contributed by atoms with Gasteiger partial charge in [0.25, 0.3) is 0 Å². The van der Waals surface area contributed by atoms with Gasteiger partial charge in [0, 0.05) is 22.6 Å². The Balaban J connectivity index is 2.40. The van der Waals surface area contributed by atoms with Gasteiger partial charge in [-0.25, -0.2) is 0 Å². The summed E-state index contributed by atoms with van der Waals surface area (Å²) in [5.74, 6) is 0.468. The summed E-state index contributed by atoms with van der Waals surface area (Å²) in [6, 6.07) is 11.8. The van der Waals surface area contributed by atoms with Gasteiger partial charge in [-0.3, -0.25) is 4.79 Å². The zero-order valence-electron chi connectivity index (χ0n) is 19.9. The molecule has 0 aliphatic heterocycles. The molecule has 0 N–H and O–H groups in total. The predicted molar refractivity (Wildman–Crippen MR) is 131 cm³/mol. The molecule has 0 spiro atoms. The van der Waals surface area contributed by atoms with E-state index in [4.69, 9.17) is 0 Å². The van der Waals surface area contributed by atoms with E-state index in [2.05, 4.69) is 46.8 Å². The summed E-state index contributed by atoms with van der Waals surface area (Å²) in [7, 11) is -2.02. The van der Waals surface area contributed by atoms with Crippen LogP contribution in [0.15, 0.2) is 36.4 Å². The summed E-state index contributed by atoms with van der Waals surface area (Å²) in [6.07, 6.45) is 5.19. The summed E-state index contributed by atoms with van der Waals surface area (Å²) in [5, 5.41) is 0.751. The maximum absolute atomic E-state index is 13.6. The standard InChI is InChI=1S/C27H39O2P/c1-8-10-13-21(9-2)18-30(29)24-15-12-11-14-23(24)26(28)25-19(3)16-22(17-20(25)4)27(5,6)7/h11-12,14-17,21,30H,8-10,13,18H2,1-7H3. The van der Waals surface area contributed by atoms with E-state index in [0.717, 1.165) is 41.3 Å². The Kier molecular flexibility index (Phi) is 8.68. The van der Waals surface area contributed by atoms with Gasteiger partial charge in [0.1, 0.15) is 7.80 Å². The Hall–Kier alpha value is -1.66. The van der Waals surface area contributed by atoms with E-state index in [1.165, 1.54) is 12.0 Å². The van der Waals surface area contributed by atoms with E-state index >= 15 is 0 Å². The monoisotopic (exact) mass is 426 g/mol. The average molecular weight is 427 g/mol. The summed E-state index contributed by atoms with van der Waals surface area (Å²) in [4.78, 5) is 13.6. The van der Waals surface area contributed by atoms with E-state index in [1.807, 2.05) is 38.1 Å². The van der Waals surface area contributed by atoms with Crippen molar-refractivity contribution in [2.24, 2.45) is 5.92 Å². The van der Waals surface area contributed by atoms with Gasteiger partial charge in [-0.2, -0.15) is 0 Å². The molecular formula is C27H39O2P. The van der Waals surface area contributed by atoms with Crippen molar-refractivity contribution in [3.8, 4) is 0 Å². The molecule has 2 rings (SSSR count). The highest BCUT2D eigenvalue weighted by Crippen LogP contribution is 2.32. The lowest BCUT2D eigenvalue weighted by molar-refractivity contribution is 0.103. The second-order valence-electron chi connectivity index (χ2n) is 9.65. The van der Waals surface area contributed by atoms with Crippen molar-refractivity contribution in [1.29, 1.82) is 0 Å². The van der Waals surface area contributed by atoms with Crippen molar-refractivity contribution in [2.45, 2.75) is 79.6 Å². The first kappa shape index (κ1) is 24.6. The Morgan fingerprint density at radius 2 is 1.63 bits per heavy atom. The number of carbonyl (C=O) groups is 1. The molecule has 3 heteroatoms. The van der Waals surface area contributed by atoms with Gasteiger partial charge in [0.05, 0.1) is 0 Å². The van der Waals surface area contributed by atoms with Crippen LogP contribution in [0.3, 0.4) is 0 Å². The van der Waals surface area contributed by atoms with Crippen molar-refractivity contribution < 1.29 is 9.36 Å². The van der Waals surface area contributed by atoms with Crippen LogP contribution in [0.25, 0.3) is 0 Å². The lowest BCUT2D eigenvalue weighted by Crippen LogP contribution is -2.19. The number of hydrogen-bond donors (Lipinski definition) is 0. The summed E-state index contributed by atoms with van der Waals surface area (Å²) < 4.78 is 13.3. The fourth-order valence-corrected chi connectivity index (χ4v) is 6.15.